The van der Waals surface area contributed by atoms with Crippen molar-refractivity contribution >= 4 is 34.6 Å². The number of aromatic nitrogens is 1. The van der Waals surface area contributed by atoms with Gasteiger partial charge in [0.1, 0.15) is 0 Å². The van der Waals surface area contributed by atoms with E-state index in [0.29, 0.717) is 0 Å². The van der Waals surface area contributed by atoms with Crippen LogP contribution in [-0.2, 0) is 6.42 Å². The standard InChI is InChI=1S/C19H26ClN5S/c1-14-18(26-15(2)23-14)8-9-22-19(21-3)25-12-10-24(11-13-25)17-7-5-4-6-16(17)20/h4-7H,8-13H2,1-3H3,(H,21,22). The number of hydrogen-bond acceptors (Lipinski definition) is 4. The van der Waals surface area contributed by atoms with E-state index in [2.05, 4.69) is 45.0 Å². The van der Waals surface area contributed by atoms with Crippen molar-refractivity contribution in [3.05, 3.63) is 44.9 Å². The maximum Gasteiger partial charge on any atom is 0.193 e. The van der Waals surface area contributed by atoms with Crippen molar-refractivity contribution in [3.8, 4) is 0 Å². The summed E-state index contributed by atoms with van der Waals surface area (Å²) < 4.78 is 0. The quantitative estimate of drug-likeness (QED) is 0.641. The maximum atomic E-state index is 6.33. The predicted octanol–water partition coefficient (Wildman–Crippen LogP) is 3.35. The fourth-order valence-corrected chi connectivity index (χ4v) is 4.48. The lowest BCUT2D eigenvalue weighted by Crippen LogP contribution is -2.52. The molecule has 3 rings (SSSR count). The molecule has 1 saturated heterocycles. The van der Waals surface area contributed by atoms with Crippen LogP contribution in [0.15, 0.2) is 29.3 Å². The minimum Gasteiger partial charge on any atom is -0.367 e. The second-order valence-corrected chi connectivity index (χ2v) is 8.09. The second-order valence-electron chi connectivity index (χ2n) is 6.39. The topological polar surface area (TPSA) is 43.8 Å². The molecule has 1 aliphatic rings. The molecular weight excluding hydrogens is 366 g/mol. The van der Waals surface area contributed by atoms with Crippen molar-refractivity contribution in [3.63, 3.8) is 0 Å². The largest absolute Gasteiger partial charge is 0.367 e. The molecule has 2 aromatic rings. The van der Waals surface area contributed by atoms with Gasteiger partial charge in [0.05, 0.1) is 21.4 Å². The summed E-state index contributed by atoms with van der Waals surface area (Å²) in [5, 5.41) is 5.46. The van der Waals surface area contributed by atoms with Gasteiger partial charge in [-0.2, -0.15) is 0 Å². The number of aliphatic imine (C=N–C) groups is 1. The van der Waals surface area contributed by atoms with Gasteiger partial charge in [-0.25, -0.2) is 4.98 Å². The van der Waals surface area contributed by atoms with Crippen LogP contribution in [0.4, 0.5) is 5.69 Å². The molecule has 7 heteroatoms. The van der Waals surface area contributed by atoms with E-state index in [1.165, 1.54) is 4.88 Å². The van der Waals surface area contributed by atoms with Gasteiger partial charge in [-0.3, -0.25) is 4.99 Å². The Morgan fingerprint density at radius 3 is 2.58 bits per heavy atom. The summed E-state index contributed by atoms with van der Waals surface area (Å²) in [5.41, 5.74) is 2.27. The van der Waals surface area contributed by atoms with E-state index in [0.717, 1.165) is 66.5 Å². The lowest BCUT2D eigenvalue weighted by Gasteiger charge is -2.38. The highest BCUT2D eigenvalue weighted by atomic mass is 35.5. The Labute approximate surface area is 164 Å². The molecule has 1 aliphatic heterocycles. The third kappa shape index (κ3) is 4.48. The fourth-order valence-electron chi connectivity index (χ4n) is 3.29. The minimum atomic E-state index is 0.818. The van der Waals surface area contributed by atoms with Gasteiger partial charge < -0.3 is 15.1 Å². The fraction of sp³-hybridized carbons (Fsp3) is 0.474. The molecule has 0 bridgehead atoms. The predicted molar refractivity (Wildman–Crippen MR) is 112 cm³/mol. The molecule has 0 spiro atoms. The highest BCUT2D eigenvalue weighted by molar-refractivity contribution is 7.11. The number of thiazole rings is 1. The number of aryl methyl sites for hydroxylation is 2. The van der Waals surface area contributed by atoms with E-state index in [1.54, 1.807) is 11.3 Å². The smallest absolute Gasteiger partial charge is 0.193 e. The molecule has 1 aromatic heterocycles. The average Bonchev–Trinajstić information content (AvgIpc) is 2.97. The molecule has 0 saturated carbocycles. The van der Waals surface area contributed by atoms with Crippen molar-refractivity contribution in [1.82, 2.24) is 15.2 Å². The first kappa shape index (κ1) is 19.0. The summed E-state index contributed by atoms with van der Waals surface area (Å²) in [6.45, 7) is 8.77. The van der Waals surface area contributed by atoms with Gasteiger partial charge in [0, 0.05) is 51.1 Å². The van der Waals surface area contributed by atoms with Gasteiger partial charge in [0.2, 0.25) is 0 Å². The van der Waals surface area contributed by atoms with Crippen molar-refractivity contribution in [2.75, 3.05) is 44.7 Å². The van der Waals surface area contributed by atoms with E-state index in [9.17, 15) is 0 Å². The number of hydrogen-bond donors (Lipinski definition) is 1. The van der Waals surface area contributed by atoms with Crippen molar-refractivity contribution in [1.29, 1.82) is 0 Å². The van der Waals surface area contributed by atoms with Crippen LogP contribution >= 0.6 is 22.9 Å². The number of halogens is 1. The summed E-state index contributed by atoms with van der Waals surface area (Å²) in [7, 11) is 1.85. The molecule has 1 aromatic carbocycles. The van der Waals surface area contributed by atoms with E-state index < -0.39 is 0 Å². The zero-order valence-corrected chi connectivity index (χ0v) is 17.2. The van der Waals surface area contributed by atoms with Gasteiger partial charge in [0.25, 0.3) is 0 Å². The minimum absolute atomic E-state index is 0.818. The molecule has 1 fully saturated rings. The Morgan fingerprint density at radius 2 is 1.96 bits per heavy atom. The molecule has 2 heterocycles. The van der Waals surface area contributed by atoms with Crippen LogP contribution in [0.5, 0.6) is 0 Å². The number of rotatable bonds is 4. The van der Waals surface area contributed by atoms with Crippen LogP contribution < -0.4 is 10.2 Å². The van der Waals surface area contributed by atoms with Crippen molar-refractivity contribution < 1.29 is 0 Å². The second kappa shape index (κ2) is 8.73. The molecule has 0 radical (unpaired) electrons. The first-order valence-corrected chi connectivity index (χ1v) is 10.2. The van der Waals surface area contributed by atoms with Gasteiger partial charge in [-0.15, -0.1) is 11.3 Å². The molecule has 5 nitrogen and oxygen atoms in total. The van der Waals surface area contributed by atoms with Gasteiger partial charge in [-0.1, -0.05) is 23.7 Å². The first-order valence-electron chi connectivity index (χ1n) is 8.96. The normalized spacial score (nSPS) is 15.5. The zero-order valence-electron chi connectivity index (χ0n) is 15.6. The Kier molecular flexibility index (Phi) is 6.38. The number of nitrogens with one attached hydrogen (secondary N) is 1. The van der Waals surface area contributed by atoms with E-state index >= 15 is 0 Å². The number of anilines is 1. The van der Waals surface area contributed by atoms with Gasteiger partial charge in [-0.05, 0) is 26.0 Å². The Morgan fingerprint density at radius 1 is 1.23 bits per heavy atom. The molecular formula is C19H26ClN5S. The summed E-state index contributed by atoms with van der Waals surface area (Å²) >= 11 is 8.11. The first-order chi connectivity index (χ1) is 12.6. The van der Waals surface area contributed by atoms with Crippen molar-refractivity contribution in [2.45, 2.75) is 20.3 Å². The van der Waals surface area contributed by atoms with Crippen LogP contribution in [0.1, 0.15) is 15.6 Å². The summed E-state index contributed by atoms with van der Waals surface area (Å²) in [6, 6.07) is 8.05. The monoisotopic (exact) mass is 391 g/mol. The van der Waals surface area contributed by atoms with Crippen LogP contribution in [0.25, 0.3) is 0 Å². The lowest BCUT2D eigenvalue weighted by molar-refractivity contribution is 0.373. The highest BCUT2D eigenvalue weighted by Crippen LogP contribution is 2.26. The summed E-state index contributed by atoms with van der Waals surface area (Å²) in [6.07, 6.45) is 0.982. The average molecular weight is 392 g/mol. The third-order valence-corrected chi connectivity index (χ3v) is 6.07. The number of nitrogens with zero attached hydrogens (tertiary/aromatic N) is 4. The zero-order chi connectivity index (χ0) is 18.5. The SMILES string of the molecule is CN=C(NCCc1sc(C)nc1C)N1CCN(c2ccccc2Cl)CC1. The molecule has 0 aliphatic carbocycles. The Balaban J connectivity index is 1.51. The van der Waals surface area contributed by atoms with Gasteiger partial charge >= 0.3 is 0 Å². The van der Waals surface area contributed by atoms with Crippen LogP contribution in [-0.4, -0.2) is 55.6 Å². The number of guanidine groups is 1. The molecule has 0 amide bonds. The number of benzene rings is 1. The van der Waals surface area contributed by atoms with Crippen LogP contribution in [0.3, 0.4) is 0 Å². The molecule has 0 unspecified atom stereocenters. The van der Waals surface area contributed by atoms with E-state index in [4.69, 9.17) is 11.6 Å². The summed E-state index contributed by atoms with van der Waals surface area (Å²) in [5.74, 6) is 0.975. The third-order valence-electron chi connectivity index (χ3n) is 4.62. The highest BCUT2D eigenvalue weighted by Gasteiger charge is 2.21. The Hall–Kier alpha value is -1.79. The number of para-hydroxylation sites is 1. The number of piperazine rings is 1. The lowest BCUT2D eigenvalue weighted by atomic mass is 10.2. The summed E-state index contributed by atoms with van der Waals surface area (Å²) in [4.78, 5) is 15.0. The van der Waals surface area contributed by atoms with Crippen molar-refractivity contribution in [2.24, 2.45) is 4.99 Å². The van der Waals surface area contributed by atoms with Crippen LogP contribution in [0, 0.1) is 13.8 Å². The molecule has 26 heavy (non-hydrogen) atoms. The van der Waals surface area contributed by atoms with E-state index in [-0.39, 0.29) is 0 Å². The van der Waals surface area contributed by atoms with Gasteiger partial charge in [0.15, 0.2) is 5.96 Å². The Bertz CT molecular complexity index is 765. The molecule has 1 N–H and O–H groups in total. The maximum absolute atomic E-state index is 6.33. The molecule has 0 atom stereocenters. The van der Waals surface area contributed by atoms with Crippen LogP contribution in [0.2, 0.25) is 5.02 Å². The van der Waals surface area contributed by atoms with E-state index in [1.807, 2.05) is 25.2 Å². The molecule has 140 valence electrons.